The normalized spacial score (nSPS) is 11.2. The SMILES string of the molecule is COC(=O)c1ccc(C(=O)c2c[nH]n(C)c2=O)c(Cl)c1N=S(C)(C)=O. The van der Waals surface area contributed by atoms with E-state index in [0.717, 1.165) is 4.68 Å². The molecule has 134 valence electrons. The van der Waals surface area contributed by atoms with E-state index in [1.807, 2.05) is 0 Å². The zero-order valence-electron chi connectivity index (χ0n) is 14.0. The first-order valence-electron chi connectivity index (χ1n) is 6.94. The standard InChI is InChI=1S/C15H16ClN3O5S/c1-19-14(21)10(7-17-19)13(20)8-5-6-9(15(22)24-2)12(11(8)16)18-25(3,4)23/h5-7,17H,1-4H3. The van der Waals surface area contributed by atoms with Crippen molar-refractivity contribution in [2.24, 2.45) is 11.4 Å². The van der Waals surface area contributed by atoms with Crippen LogP contribution in [0.25, 0.3) is 0 Å². The predicted octanol–water partition coefficient (Wildman–Crippen LogP) is 1.74. The second-order valence-electron chi connectivity index (χ2n) is 5.47. The van der Waals surface area contributed by atoms with Gasteiger partial charge in [-0.25, -0.2) is 9.00 Å². The lowest BCUT2D eigenvalue weighted by molar-refractivity contribution is 0.0601. The highest BCUT2D eigenvalue weighted by Crippen LogP contribution is 2.34. The number of aromatic amines is 1. The highest BCUT2D eigenvalue weighted by molar-refractivity contribution is 7.92. The molecule has 0 saturated heterocycles. The highest BCUT2D eigenvalue weighted by Gasteiger charge is 2.24. The topological polar surface area (TPSA) is 111 Å². The molecule has 10 heteroatoms. The maximum Gasteiger partial charge on any atom is 0.340 e. The second kappa shape index (κ2) is 6.85. The Labute approximate surface area is 148 Å². The molecule has 0 spiro atoms. The van der Waals surface area contributed by atoms with Gasteiger partial charge in [-0.05, 0) is 12.1 Å². The van der Waals surface area contributed by atoms with Gasteiger partial charge in [-0.2, -0.15) is 4.36 Å². The number of benzene rings is 1. The summed E-state index contributed by atoms with van der Waals surface area (Å²) in [6, 6.07) is 2.60. The molecule has 8 nitrogen and oxygen atoms in total. The Bertz CT molecular complexity index is 1040. The first-order chi connectivity index (χ1) is 11.6. The minimum atomic E-state index is -2.68. The number of ether oxygens (including phenoxy) is 1. The van der Waals surface area contributed by atoms with E-state index in [2.05, 4.69) is 14.2 Å². The largest absolute Gasteiger partial charge is 0.465 e. The lowest BCUT2D eigenvalue weighted by Gasteiger charge is -2.10. The van der Waals surface area contributed by atoms with E-state index in [0.29, 0.717) is 0 Å². The van der Waals surface area contributed by atoms with Gasteiger partial charge in [0.1, 0.15) is 11.3 Å². The lowest BCUT2D eigenvalue weighted by atomic mass is 10.0. The fraction of sp³-hybridized carbons (Fsp3) is 0.267. The minimum Gasteiger partial charge on any atom is -0.465 e. The summed E-state index contributed by atoms with van der Waals surface area (Å²) in [5.41, 5.74) is -0.807. The van der Waals surface area contributed by atoms with Gasteiger partial charge in [0, 0.05) is 41.0 Å². The molecule has 1 N–H and O–H groups in total. The predicted molar refractivity (Wildman–Crippen MR) is 94.3 cm³/mol. The van der Waals surface area contributed by atoms with E-state index < -0.39 is 27.0 Å². The van der Waals surface area contributed by atoms with Crippen LogP contribution in [0.1, 0.15) is 26.3 Å². The molecule has 2 aromatic rings. The van der Waals surface area contributed by atoms with E-state index in [1.54, 1.807) is 0 Å². The number of hydrogen-bond acceptors (Lipinski definition) is 6. The van der Waals surface area contributed by atoms with Crippen molar-refractivity contribution in [2.75, 3.05) is 19.6 Å². The zero-order valence-corrected chi connectivity index (χ0v) is 15.5. The smallest absolute Gasteiger partial charge is 0.340 e. The number of esters is 1. The van der Waals surface area contributed by atoms with Gasteiger partial charge >= 0.3 is 5.97 Å². The second-order valence-corrected chi connectivity index (χ2v) is 8.39. The van der Waals surface area contributed by atoms with Crippen molar-refractivity contribution in [3.05, 3.63) is 50.4 Å². The number of rotatable bonds is 4. The average Bonchev–Trinajstić information content (AvgIpc) is 2.86. The van der Waals surface area contributed by atoms with Crippen LogP contribution in [0.5, 0.6) is 0 Å². The molecule has 25 heavy (non-hydrogen) atoms. The molecule has 0 aliphatic heterocycles. The number of halogens is 1. The van der Waals surface area contributed by atoms with E-state index in [1.165, 1.54) is 45.0 Å². The average molecular weight is 386 g/mol. The first-order valence-corrected chi connectivity index (χ1v) is 9.64. The van der Waals surface area contributed by atoms with E-state index in [4.69, 9.17) is 11.6 Å². The molecule has 0 bridgehead atoms. The summed E-state index contributed by atoms with van der Waals surface area (Å²) in [6.45, 7) is 0. The summed E-state index contributed by atoms with van der Waals surface area (Å²) in [4.78, 5) is 36.5. The van der Waals surface area contributed by atoms with Gasteiger partial charge < -0.3 is 9.84 Å². The van der Waals surface area contributed by atoms with Crippen LogP contribution in [-0.2, 0) is 21.5 Å². The number of H-pyrrole nitrogens is 1. The van der Waals surface area contributed by atoms with Gasteiger partial charge in [0.25, 0.3) is 5.56 Å². The molecule has 0 amide bonds. The third kappa shape index (κ3) is 3.83. The van der Waals surface area contributed by atoms with Crippen LogP contribution >= 0.6 is 11.6 Å². The molecule has 0 radical (unpaired) electrons. The molecule has 0 saturated carbocycles. The van der Waals surface area contributed by atoms with Crippen LogP contribution in [0, 0.1) is 0 Å². The summed E-state index contributed by atoms with van der Waals surface area (Å²) in [7, 11) is -0.0338. The van der Waals surface area contributed by atoms with E-state index in [9.17, 15) is 18.6 Å². The van der Waals surface area contributed by atoms with Crippen LogP contribution in [-0.4, -0.2) is 45.4 Å². The number of hydrogen-bond donors (Lipinski definition) is 1. The number of aromatic nitrogens is 2. The van der Waals surface area contributed by atoms with Crippen LogP contribution < -0.4 is 5.56 Å². The van der Waals surface area contributed by atoms with Gasteiger partial charge in [-0.1, -0.05) is 11.6 Å². The fourth-order valence-electron chi connectivity index (χ4n) is 2.09. The maximum atomic E-state index is 12.6. The van der Waals surface area contributed by atoms with Crippen molar-refractivity contribution in [2.45, 2.75) is 0 Å². The van der Waals surface area contributed by atoms with Crippen LogP contribution in [0.15, 0.2) is 27.5 Å². The number of methoxy groups -OCH3 is 1. The van der Waals surface area contributed by atoms with Gasteiger partial charge in [-0.3, -0.25) is 14.3 Å². The highest BCUT2D eigenvalue weighted by atomic mass is 35.5. The summed E-state index contributed by atoms with van der Waals surface area (Å²) in [5.74, 6) is -1.38. The maximum absolute atomic E-state index is 12.6. The Morgan fingerprint density at radius 3 is 2.32 bits per heavy atom. The van der Waals surface area contributed by atoms with E-state index >= 15 is 0 Å². The number of carbonyl (C=O) groups excluding carboxylic acids is 2. The molecule has 2 rings (SSSR count). The summed E-state index contributed by atoms with van der Waals surface area (Å²) >= 11 is 6.26. The lowest BCUT2D eigenvalue weighted by Crippen LogP contribution is -2.19. The number of nitrogens with one attached hydrogen (secondary N) is 1. The molecule has 0 unspecified atom stereocenters. The first kappa shape index (κ1) is 18.9. The Kier molecular flexibility index (Phi) is 5.19. The van der Waals surface area contributed by atoms with Crippen molar-refractivity contribution < 1.29 is 18.5 Å². The molecule has 1 aromatic carbocycles. The minimum absolute atomic E-state index is 0.0255. The van der Waals surface area contributed by atoms with Gasteiger partial charge in [0.05, 0.1) is 17.7 Å². The molecule has 0 atom stereocenters. The molecular formula is C15H16ClN3O5S. The van der Waals surface area contributed by atoms with Gasteiger partial charge in [-0.15, -0.1) is 0 Å². The summed E-state index contributed by atoms with van der Waals surface area (Å²) in [5, 5.41) is 2.42. The Morgan fingerprint density at radius 1 is 1.24 bits per heavy atom. The Morgan fingerprint density at radius 2 is 1.84 bits per heavy atom. The van der Waals surface area contributed by atoms with Gasteiger partial charge in [0.15, 0.2) is 0 Å². The third-order valence-corrected chi connectivity index (χ3v) is 4.26. The molecular weight excluding hydrogens is 370 g/mol. The van der Waals surface area contributed by atoms with Crippen molar-refractivity contribution in [1.29, 1.82) is 0 Å². The zero-order chi connectivity index (χ0) is 18.9. The monoisotopic (exact) mass is 385 g/mol. The molecule has 0 aliphatic carbocycles. The van der Waals surface area contributed by atoms with E-state index in [-0.39, 0.29) is 27.4 Å². The number of aryl methyl sites for hydroxylation is 1. The van der Waals surface area contributed by atoms with Crippen molar-refractivity contribution in [3.63, 3.8) is 0 Å². The number of ketones is 1. The van der Waals surface area contributed by atoms with Crippen molar-refractivity contribution in [3.8, 4) is 0 Å². The Balaban J connectivity index is 2.74. The van der Waals surface area contributed by atoms with Crippen molar-refractivity contribution >= 4 is 38.8 Å². The van der Waals surface area contributed by atoms with Gasteiger partial charge in [0.2, 0.25) is 5.78 Å². The molecule has 1 heterocycles. The molecule has 0 fully saturated rings. The Hall–Kier alpha value is -2.39. The fourth-order valence-corrected chi connectivity index (χ4v) is 3.07. The van der Waals surface area contributed by atoms with Crippen molar-refractivity contribution in [1.82, 2.24) is 9.78 Å². The number of carbonyl (C=O) groups is 2. The third-order valence-electron chi connectivity index (χ3n) is 3.26. The van der Waals surface area contributed by atoms with Crippen LogP contribution in [0.2, 0.25) is 5.02 Å². The quantitative estimate of drug-likeness (QED) is 0.636. The van der Waals surface area contributed by atoms with Crippen LogP contribution in [0.3, 0.4) is 0 Å². The summed E-state index contributed by atoms with van der Waals surface area (Å²) in [6.07, 6.45) is 3.98. The summed E-state index contributed by atoms with van der Waals surface area (Å²) < 4.78 is 21.8. The van der Waals surface area contributed by atoms with Crippen LogP contribution in [0.4, 0.5) is 5.69 Å². The molecule has 1 aromatic heterocycles. The number of nitrogens with zero attached hydrogens (tertiary/aromatic N) is 2. The molecule has 0 aliphatic rings.